The topological polar surface area (TPSA) is 65.0 Å². The second-order valence-corrected chi connectivity index (χ2v) is 5.30. The molecule has 0 saturated heterocycles. The van der Waals surface area contributed by atoms with Crippen LogP contribution in [0.4, 0.5) is 5.69 Å². The van der Waals surface area contributed by atoms with Crippen LogP contribution >= 0.6 is 11.6 Å². The van der Waals surface area contributed by atoms with E-state index in [1.165, 1.54) is 26.5 Å². The lowest BCUT2D eigenvalue weighted by atomic mass is 10.0. The van der Waals surface area contributed by atoms with Crippen LogP contribution in [0.1, 0.15) is 31.8 Å². The Kier molecular flexibility index (Phi) is 5.71. The van der Waals surface area contributed by atoms with E-state index in [9.17, 15) is 9.59 Å². The fourth-order valence-electron chi connectivity index (χ4n) is 2.16. The summed E-state index contributed by atoms with van der Waals surface area (Å²) in [6.45, 7) is 1.85. The molecule has 0 aromatic heterocycles. The number of nitrogens with zero attached hydrogens (tertiary/aromatic N) is 1. The normalized spacial score (nSPS) is 10.7. The molecule has 2 aromatic rings. The van der Waals surface area contributed by atoms with E-state index in [2.05, 4.69) is 4.99 Å². The Morgan fingerprint density at radius 3 is 2.38 bits per heavy atom. The van der Waals surface area contributed by atoms with Crippen molar-refractivity contribution < 1.29 is 19.1 Å². The number of aliphatic imine (C=N–C) groups is 1. The quantitative estimate of drug-likeness (QED) is 0.621. The molecule has 124 valence electrons. The first-order chi connectivity index (χ1) is 11.5. The van der Waals surface area contributed by atoms with Gasteiger partial charge >= 0.3 is 11.9 Å². The monoisotopic (exact) mass is 345 g/mol. The SMILES string of the molecule is COC(=O)c1cccc(C=Nc2cccc(Cl)c2C)c1C(=O)OC. The van der Waals surface area contributed by atoms with Crippen molar-refractivity contribution in [3.63, 3.8) is 0 Å². The van der Waals surface area contributed by atoms with E-state index in [0.717, 1.165) is 5.56 Å². The maximum Gasteiger partial charge on any atom is 0.339 e. The standard InChI is InChI=1S/C18H16ClNO4/c1-11-14(19)8-5-9-15(11)20-10-12-6-4-7-13(17(21)23-2)16(12)18(22)24-3/h4-10H,1-3H3. The number of carbonyl (C=O) groups is 2. The van der Waals surface area contributed by atoms with Gasteiger partial charge in [0.1, 0.15) is 0 Å². The zero-order valence-electron chi connectivity index (χ0n) is 13.5. The molecule has 24 heavy (non-hydrogen) atoms. The third-order valence-corrected chi connectivity index (χ3v) is 3.88. The highest BCUT2D eigenvalue weighted by Crippen LogP contribution is 2.26. The number of benzene rings is 2. The molecular weight excluding hydrogens is 330 g/mol. The predicted octanol–water partition coefficient (Wildman–Crippen LogP) is 3.97. The molecule has 2 rings (SSSR count). The maximum atomic E-state index is 12.1. The van der Waals surface area contributed by atoms with Crippen molar-refractivity contribution in [2.75, 3.05) is 14.2 Å². The van der Waals surface area contributed by atoms with Crippen LogP contribution in [0.3, 0.4) is 0 Å². The Morgan fingerprint density at radius 1 is 1.04 bits per heavy atom. The number of hydrogen-bond donors (Lipinski definition) is 0. The number of hydrogen-bond acceptors (Lipinski definition) is 5. The second kappa shape index (κ2) is 7.75. The van der Waals surface area contributed by atoms with Gasteiger partial charge in [0, 0.05) is 16.8 Å². The summed E-state index contributed by atoms with van der Waals surface area (Å²) in [6.07, 6.45) is 1.50. The van der Waals surface area contributed by atoms with Gasteiger partial charge in [-0.05, 0) is 30.7 Å². The van der Waals surface area contributed by atoms with E-state index in [-0.39, 0.29) is 11.1 Å². The molecule has 0 heterocycles. The first-order valence-electron chi connectivity index (χ1n) is 7.08. The van der Waals surface area contributed by atoms with Crippen molar-refractivity contribution >= 4 is 35.4 Å². The van der Waals surface area contributed by atoms with Crippen LogP contribution in [0.5, 0.6) is 0 Å². The van der Waals surface area contributed by atoms with Crippen molar-refractivity contribution in [2.24, 2.45) is 4.99 Å². The summed E-state index contributed by atoms with van der Waals surface area (Å²) >= 11 is 6.08. The number of carbonyl (C=O) groups excluding carboxylic acids is 2. The highest BCUT2D eigenvalue weighted by Gasteiger charge is 2.21. The lowest BCUT2D eigenvalue weighted by Gasteiger charge is -2.09. The average molecular weight is 346 g/mol. The van der Waals surface area contributed by atoms with Crippen molar-refractivity contribution in [1.29, 1.82) is 0 Å². The van der Waals surface area contributed by atoms with Crippen LogP contribution in [0.25, 0.3) is 0 Å². The molecule has 0 fully saturated rings. The Morgan fingerprint density at radius 2 is 1.71 bits per heavy atom. The summed E-state index contributed by atoms with van der Waals surface area (Å²) in [6, 6.07) is 10.2. The first-order valence-corrected chi connectivity index (χ1v) is 7.46. The van der Waals surface area contributed by atoms with Crippen LogP contribution in [0.2, 0.25) is 5.02 Å². The molecule has 0 bridgehead atoms. The van der Waals surface area contributed by atoms with E-state index in [1.807, 2.05) is 6.92 Å². The second-order valence-electron chi connectivity index (χ2n) is 4.90. The van der Waals surface area contributed by atoms with E-state index >= 15 is 0 Å². The van der Waals surface area contributed by atoms with Gasteiger partial charge in [-0.15, -0.1) is 0 Å². The zero-order chi connectivity index (χ0) is 17.7. The average Bonchev–Trinajstić information content (AvgIpc) is 2.61. The molecule has 0 saturated carbocycles. The predicted molar refractivity (Wildman–Crippen MR) is 92.6 cm³/mol. The summed E-state index contributed by atoms with van der Waals surface area (Å²) in [4.78, 5) is 28.4. The smallest absolute Gasteiger partial charge is 0.339 e. The van der Waals surface area contributed by atoms with Gasteiger partial charge in [-0.3, -0.25) is 4.99 Å². The van der Waals surface area contributed by atoms with Gasteiger partial charge in [0.2, 0.25) is 0 Å². The van der Waals surface area contributed by atoms with Crippen LogP contribution in [-0.2, 0) is 9.47 Å². The Balaban J connectivity index is 2.54. The number of methoxy groups -OCH3 is 2. The van der Waals surface area contributed by atoms with Crippen molar-refractivity contribution in [3.8, 4) is 0 Å². The lowest BCUT2D eigenvalue weighted by molar-refractivity contribution is 0.0555. The highest BCUT2D eigenvalue weighted by atomic mass is 35.5. The number of halogens is 1. The largest absolute Gasteiger partial charge is 0.465 e. The molecule has 0 unspecified atom stereocenters. The minimum absolute atomic E-state index is 0.107. The third kappa shape index (κ3) is 3.63. The Bertz CT molecular complexity index is 815. The van der Waals surface area contributed by atoms with Crippen molar-refractivity contribution in [1.82, 2.24) is 0 Å². The zero-order valence-corrected chi connectivity index (χ0v) is 14.3. The van der Waals surface area contributed by atoms with Gasteiger partial charge < -0.3 is 9.47 Å². The van der Waals surface area contributed by atoms with Gasteiger partial charge in [-0.1, -0.05) is 29.8 Å². The number of esters is 2. The van der Waals surface area contributed by atoms with E-state index in [4.69, 9.17) is 21.1 Å². The molecule has 2 aromatic carbocycles. The van der Waals surface area contributed by atoms with Gasteiger partial charge in [0.15, 0.2) is 0 Å². The van der Waals surface area contributed by atoms with Gasteiger partial charge in [-0.2, -0.15) is 0 Å². The van der Waals surface area contributed by atoms with E-state index < -0.39 is 11.9 Å². The third-order valence-electron chi connectivity index (χ3n) is 3.47. The summed E-state index contributed by atoms with van der Waals surface area (Å²) in [7, 11) is 2.50. The summed E-state index contributed by atoms with van der Waals surface area (Å²) in [5.74, 6) is -1.26. The summed E-state index contributed by atoms with van der Waals surface area (Å²) < 4.78 is 9.49. The molecule has 0 aliphatic carbocycles. The van der Waals surface area contributed by atoms with Gasteiger partial charge in [-0.25, -0.2) is 9.59 Å². The molecule has 5 nitrogen and oxygen atoms in total. The molecule has 0 aliphatic rings. The Hall–Kier alpha value is -2.66. The molecule has 0 spiro atoms. The molecule has 0 radical (unpaired) electrons. The van der Waals surface area contributed by atoms with Gasteiger partial charge in [0.05, 0.1) is 31.0 Å². The molecule has 0 atom stereocenters. The maximum absolute atomic E-state index is 12.1. The van der Waals surface area contributed by atoms with Crippen molar-refractivity contribution in [2.45, 2.75) is 6.92 Å². The number of rotatable bonds is 4. The molecule has 0 amide bonds. The van der Waals surface area contributed by atoms with Crippen LogP contribution < -0.4 is 0 Å². The summed E-state index contributed by atoms with van der Waals surface area (Å²) in [5, 5.41) is 0.598. The lowest BCUT2D eigenvalue weighted by Crippen LogP contribution is -2.14. The molecule has 6 heteroatoms. The summed E-state index contributed by atoms with van der Waals surface area (Å²) in [5.41, 5.74) is 2.16. The van der Waals surface area contributed by atoms with Gasteiger partial charge in [0.25, 0.3) is 0 Å². The minimum atomic E-state index is -0.639. The van der Waals surface area contributed by atoms with Crippen LogP contribution in [0, 0.1) is 6.92 Å². The minimum Gasteiger partial charge on any atom is -0.465 e. The van der Waals surface area contributed by atoms with Crippen molar-refractivity contribution in [3.05, 3.63) is 63.7 Å². The fourth-order valence-corrected chi connectivity index (χ4v) is 2.33. The molecular formula is C18H16ClNO4. The molecule has 0 aliphatic heterocycles. The fraction of sp³-hybridized carbons (Fsp3) is 0.167. The molecule has 0 N–H and O–H groups in total. The van der Waals surface area contributed by atoms with E-state index in [1.54, 1.807) is 30.3 Å². The van der Waals surface area contributed by atoms with E-state index in [0.29, 0.717) is 16.3 Å². The number of ether oxygens (including phenoxy) is 2. The highest BCUT2D eigenvalue weighted by molar-refractivity contribution is 6.31. The Labute approximate surface area is 144 Å². The van der Waals surface area contributed by atoms with Crippen LogP contribution in [-0.4, -0.2) is 32.4 Å². The van der Waals surface area contributed by atoms with Crippen LogP contribution in [0.15, 0.2) is 41.4 Å². The first kappa shape index (κ1) is 17.7.